The second kappa shape index (κ2) is 6.64. The van der Waals surface area contributed by atoms with Gasteiger partial charge in [-0.2, -0.15) is 5.10 Å². The van der Waals surface area contributed by atoms with E-state index in [1.807, 2.05) is 44.1 Å². The van der Waals surface area contributed by atoms with E-state index >= 15 is 0 Å². The Morgan fingerprint density at radius 1 is 1.39 bits per heavy atom. The molecule has 1 amide bonds. The fourth-order valence-corrected chi connectivity index (χ4v) is 3.59. The number of likely N-dealkylation sites (N-methyl/N-ethyl adjacent to an activating group) is 1. The summed E-state index contributed by atoms with van der Waals surface area (Å²) in [6.45, 7) is 4.30. The molecular formula is C16H21N5OS. The molecule has 0 saturated heterocycles. The van der Waals surface area contributed by atoms with Crippen LogP contribution < -0.4 is 10.2 Å². The molecule has 0 unspecified atom stereocenters. The molecule has 1 aliphatic rings. The number of thiophene rings is 1. The molecule has 0 bridgehead atoms. The highest BCUT2D eigenvalue weighted by atomic mass is 32.1. The van der Waals surface area contributed by atoms with Crippen LogP contribution in [0, 0.1) is 6.92 Å². The molecule has 1 aliphatic heterocycles. The largest absolute Gasteiger partial charge is 0.350 e. The third kappa shape index (κ3) is 3.51. The predicted molar refractivity (Wildman–Crippen MR) is 92.7 cm³/mol. The minimum Gasteiger partial charge on any atom is -0.350 e. The van der Waals surface area contributed by atoms with E-state index in [4.69, 9.17) is 0 Å². The summed E-state index contributed by atoms with van der Waals surface area (Å²) in [5, 5.41) is 11.3. The summed E-state index contributed by atoms with van der Waals surface area (Å²) >= 11 is 1.58. The lowest BCUT2D eigenvalue weighted by Crippen LogP contribution is -2.30. The van der Waals surface area contributed by atoms with Gasteiger partial charge in [0.25, 0.3) is 5.91 Å². The molecule has 2 aromatic heterocycles. The van der Waals surface area contributed by atoms with Gasteiger partial charge in [-0.05, 0) is 39.2 Å². The highest BCUT2D eigenvalue weighted by molar-refractivity contribution is 7.14. The van der Waals surface area contributed by atoms with E-state index in [9.17, 15) is 4.79 Å². The number of aromatic nitrogens is 2. The van der Waals surface area contributed by atoms with Crippen molar-refractivity contribution in [1.29, 1.82) is 0 Å². The van der Waals surface area contributed by atoms with Gasteiger partial charge in [0.1, 0.15) is 0 Å². The van der Waals surface area contributed by atoms with Crippen LogP contribution in [0.25, 0.3) is 0 Å². The van der Waals surface area contributed by atoms with Crippen LogP contribution in [0.3, 0.4) is 0 Å². The number of carbonyl (C=O) groups excluding carboxylic acids is 1. The summed E-state index contributed by atoms with van der Waals surface area (Å²) in [5.74, 6) is 0.841. The molecule has 0 aromatic carbocycles. The fraction of sp³-hybridized carbons (Fsp3) is 0.438. The molecular weight excluding hydrogens is 310 g/mol. The average Bonchev–Trinajstić information content (AvgIpc) is 3.08. The Kier molecular flexibility index (Phi) is 4.58. The number of nitrogens with one attached hydrogen (secondary N) is 1. The van der Waals surface area contributed by atoms with E-state index in [-0.39, 0.29) is 5.91 Å². The number of anilines is 2. The van der Waals surface area contributed by atoms with Gasteiger partial charge < -0.3 is 15.1 Å². The van der Waals surface area contributed by atoms with Gasteiger partial charge in [-0.15, -0.1) is 16.4 Å². The van der Waals surface area contributed by atoms with E-state index < -0.39 is 0 Å². The maximum Gasteiger partial charge on any atom is 0.261 e. The normalized spacial score (nSPS) is 13.5. The third-order valence-corrected chi connectivity index (χ3v) is 4.95. The molecule has 122 valence electrons. The maximum absolute atomic E-state index is 12.3. The van der Waals surface area contributed by atoms with E-state index in [1.165, 1.54) is 4.88 Å². The van der Waals surface area contributed by atoms with Crippen molar-refractivity contribution in [3.05, 3.63) is 33.6 Å². The molecule has 0 aliphatic carbocycles. The molecule has 0 fully saturated rings. The number of carbonyl (C=O) groups is 1. The minimum absolute atomic E-state index is 0.00110. The summed E-state index contributed by atoms with van der Waals surface area (Å²) in [4.78, 5) is 18.4. The lowest BCUT2D eigenvalue weighted by atomic mass is 10.3. The molecule has 3 heterocycles. The quantitative estimate of drug-likeness (QED) is 0.906. The zero-order chi connectivity index (χ0) is 16.4. The average molecular weight is 331 g/mol. The van der Waals surface area contributed by atoms with Crippen molar-refractivity contribution in [3.63, 3.8) is 0 Å². The Labute approximate surface area is 140 Å². The SMILES string of the molecule is Cc1ccc(N2CCc3sc(C(=O)NCCN(C)C)cc32)nn1. The van der Waals surface area contributed by atoms with Crippen molar-refractivity contribution in [3.8, 4) is 0 Å². The Morgan fingerprint density at radius 2 is 2.22 bits per heavy atom. The monoisotopic (exact) mass is 331 g/mol. The summed E-state index contributed by atoms with van der Waals surface area (Å²) < 4.78 is 0. The lowest BCUT2D eigenvalue weighted by Gasteiger charge is -2.16. The van der Waals surface area contributed by atoms with Crippen LogP contribution in [0.2, 0.25) is 0 Å². The molecule has 0 radical (unpaired) electrons. The number of hydrogen-bond donors (Lipinski definition) is 1. The molecule has 6 nitrogen and oxygen atoms in total. The first-order chi connectivity index (χ1) is 11.0. The van der Waals surface area contributed by atoms with Gasteiger partial charge in [0, 0.05) is 30.9 Å². The van der Waals surface area contributed by atoms with Gasteiger partial charge in [-0.1, -0.05) is 0 Å². The van der Waals surface area contributed by atoms with Gasteiger partial charge in [-0.25, -0.2) is 0 Å². The van der Waals surface area contributed by atoms with E-state index in [0.29, 0.717) is 6.54 Å². The van der Waals surface area contributed by atoms with Crippen LogP contribution in [-0.2, 0) is 6.42 Å². The first kappa shape index (κ1) is 15.9. The fourth-order valence-electron chi connectivity index (χ4n) is 2.53. The van der Waals surface area contributed by atoms with Gasteiger partial charge in [0.05, 0.1) is 16.3 Å². The molecule has 0 saturated carbocycles. The van der Waals surface area contributed by atoms with E-state index in [1.54, 1.807) is 11.3 Å². The van der Waals surface area contributed by atoms with Gasteiger partial charge in [0.2, 0.25) is 0 Å². The number of rotatable bonds is 5. The molecule has 3 rings (SSSR count). The zero-order valence-electron chi connectivity index (χ0n) is 13.7. The van der Waals surface area contributed by atoms with Crippen molar-refractivity contribution >= 4 is 28.7 Å². The van der Waals surface area contributed by atoms with Crippen molar-refractivity contribution in [2.45, 2.75) is 13.3 Å². The lowest BCUT2D eigenvalue weighted by molar-refractivity contribution is 0.0955. The van der Waals surface area contributed by atoms with Crippen molar-refractivity contribution < 1.29 is 4.79 Å². The van der Waals surface area contributed by atoms with E-state index in [2.05, 4.69) is 20.4 Å². The van der Waals surface area contributed by atoms with Crippen LogP contribution in [0.4, 0.5) is 11.5 Å². The van der Waals surface area contributed by atoms with Crippen LogP contribution in [-0.4, -0.2) is 54.7 Å². The topological polar surface area (TPSA) is 61.4 Å². The Hall–Kier alpha value is -1.99. The van der Waals surface area contributed by atoms with Crippen molar-refractivity contribution in [1.82, 2.24) is 20.4 Å². The number of hydrogen-bond acceptors (Lipinski definition) is 6. The van der Waals surface area contributed by atoms with Crippen molar-refractivity contribution in [2.24, 2.45) is 0 Å². The molecule has 2 aromatic rings. The third-order valence-electron chi connectivity index (χ3n) is 3.77. The maximum atomic E-state index is 12.3. The van der Waals surface area contributed by atoms with Crippen LogP contribution in [0.15, 0.2) is 18.2 Å². The van der Waals surface area contributed by atoms with Gasteiger partial charge >= 0.3 is 0 Å². The van der Waals surface area contributed by atoms with Gasteiger partial charge in [0.15, 0.2) is 5.82 Å². The Morgan fingerprint density at radius 3 is 2.91 bits per heavy atom. The zero-order valence-corrected chi connectivity index (χ0v) is 14.5. The first-order valence-electron chi connectivity index (χ1n) is 7.68. The Bertz CT molecular complexity index is 695. The molecule has 7 heteroatoms. The number of fused-ring (bicyclic) bond motifs is 1. The standard InChI is InChI=1S/C16H21N5OS/c1-11-4-5-15(19-18-11)21-8-6-13-12(21)10-14(23-13)16(22)17-7-9-20(2)3/h4-5,10H,6-9H2,1-3H3,(H,17,22). The van der Waals surface area contributed by atoms with E-state index in [0.717, 1.165) is 41.6 Å². The van der Waals surface area contributed by atoms with Crippen molar-refractivity contribution in [2.75, 3.05) is 38.6 Å². The summed E-state index contributed by atoms with van der Waals surface area (Å²) in [6, 6.07) is 5.91. The summed E-state index contributed by atoms with van der Waals surface area (Å²) in [5.41, 5.74) is 1.99. The molecule has 23 heavy (non-hydrogen) atoms. The Balaban J connectivity index is 1.72. The number of amides is 1. The number of aryl methyl sites for hydroxylation is 1. The minimum atomic E-state index is 0.00110. The highest BCUT2D eigenvalue weighted by Crippen LogP contribution is 2.39. The van der Waals surface area contributed by atoms with Crippen LogP contribution in [0.5, 0.6) is 0 Å². The van der Waals surface area contributed by atoms with Crippen LogP contribution >= 0.6 is 11.3 Å². The second-order valence-corrected chi connectivity index (χ2v) is 7.05. The summed E-state index contributed by atoms with van der Waals surface area (Å²) in [7, 11) is 3.98. The molecule has 0 atom stereocenters. The van der Waals surface area contributed by atoms with Crippen LogP contribution in [0.1, 0.15) is 20.2 Å². The number of nitrogens with zero attached hydrogens (tertiary/aromatic N) is 4. The summed E-state index contributed by atoms with van der Waals surface area (Å²) in [6.07, 6.45) is 0.945. The second-order valence-electron chi connectivity index (χ2n) is 5.91. The van der Waals surface area contributed by atoms with Gasteiger partial charge in [-0.3, -0.25) is 4.79 Å². The molecule has 0 spiro atoms. The first-order valence-corrected chi connectivity index (χ1v) is 8.50. The predicted octanol–water partition coefficient (Wildman–Crippen LogP) is 1.83. The highest BCUT2D eigenvalue weighted by Gasteiger charge is 2.26. The molecule has 1 N–H and O–H groups in total. The smallest absolute Gasteiger partial charge is 0.261 e.